The quantitative estimate of drug-likeness (QED) is 0.106. The molecule has 0 radical (unpaired) electrons. The minimum atomic E-state index is -5.33. The fourth-order valence-corrected chi connectivity index (χ4v) is 4.21. The molecule has 0 spiro atoms. The Labute approximate surface area is 262 Å². The molecule has 0 aliphatic rings. The number of aryl methyl sites for hydroxylation is 1. The minimum Gasteiger partial charge on any atom is -0.429 e. The summed E-state index contributed by atoms with van der Waals surface area (Å²) >= 11 is 0. The molecule has 244 valence electrons. The van der Waals surface area contributed by atoms with Gasteiger partial charge < -0.3 is 9.47 Å². The molecule has 0 atom stereocenters. The lowest BCUT2D eigenvalue weighted by atomic mass is 10.0. The lowest BCUT2D eigenvalue weighted by Gasteiger charge is -2.19. The monoisotopic (exact) mass is 664 g/mol. The van der Waals surface area contributed by atoms with E-state index in [2.05, 4.69) is 33.2 Å². The van der Waals surface area contributed by atoms with Crippen LogP contribution in [0.25, 0.3) is 0 Å². The molecule has 2 nitrogen and oxygen atoms in total. The van der Waals surface area contributed by atoms with Gasteiger partial charge in [0.25, 0.3) is 0 Å². The zero-order valence-electron chi connectivity index (χ0n) is 24.3. The average molecular weight is 665 g/mol. The molecule has 0 bridgehead atoms. The highest BCUT2D eigenvalue weighted by Crippen LogP contribution is 2.34. The first-order valence-corrected chi connectivity index (χ1v) is 13.9. The van der Waals surface area contributed by atoms with Crippen LogP contribution in [0, 0.1) is 52.8 Å². The molecule has 12 heteroatoms. The van der Waals surface area contributed by atoms with Crippen LogP contribution in [0.5, 0.6) is 11.5 Å². The first-order chi connectivity index (χ1) is 22.1. The Morgan fingerprint density at radius 2 is 1.17 bits per heavy atom. The van der Waals surface area contributed by atoms with E-state index in [1.807, 2.05) is 6.92 Å². The highest BCUT2D eigenvalue weighted by molar-refractivity contribution is 5.50. The van der Waals surface area contributed by atoms with Gasteiger partial charge in [0.1, 0.15) is 23.2 Å². The summed E-state index contributed by atoms with van der Waals surface area (Å²) in [5.41, 5.74) is -1.33. The van der Waals surface area contributed by atoms with Gasteiger partial charge in [-0.3, -0.25) is 0 Å². The Morgan fingerprint density at radius 1 is 0.574 bits per heavy atom. The van der Waals surface area contributed by atoms with Crippen LogP contribution < -0.4 is 9.47 Å². The van der Waals surface area contributed by atoms with Gasteiger partial charge in [-0.25, -0.2) is 22.0 Å². The maximum absolute atomic E-state index is 14.7. The molecule has 0 N–H and O–H groups in total. The van der Waals surface area contributed by atoms with E-state index >= 15 is 0 Å². The molecule has 0 saturated heterocycles. The Morgan fingerprint density at radius 3 is 1.74 bits per heavy atom. The molecule has 0 aliphatic heterocycles. The van der Waals surface area contributed by atoms with Gasteiger partial charge in [0.05, 0.1) is 16.7 Å². The summed E-state index contributed by atoms with van der Waals surface area (Å²) < 4.78 is 146. The fourth-order valence-electron chi connectivity index (χ4n) is 4.21. The zero-order valence-corrected chi connectivity index (χ0v) is 24.3. The van der Waals surface area contributed by atoms with Crippen molar-refractivity contribution in [2.45, 2.75) is 45.1 Å². The summed E-state index contributed by atoms with van der Waals surface area (Å²) in [5, 5.41) is 0. The van der Waals surface area contributed by atoms with Gasteiger partial charge in [0.15, 0.2) is 11.6 Å². The molecule has 0 heterocycles. The fraction of sp³-hybridized carbons (Fsp3) is 0.200. The predicted octanol–water partition coefficient (Wildman–Crippen LogP) is 9.94. The van der Waals surface area contributed by atoms with Crippen LogP contribution in [-0.4, -0.2) is 6.36 Å². The summed E-state index contributed by atoms with van der Waals surface area (Å²) in [5.74, 6) is 0.670. The maximum Gasteiger partial charge on any atom is 0.573 e. The Balaban J connectivity index is 1.45. The molecule has 0 unspecified atom stereocenters. The van der Waals surface area contributed by atoms with Crippen molar-refractivity contribution in [2.24, 2.45) is 0 Å². The Kier molecular flexibility index (Phi) is 10.8. The minimum absolute atomic E-state index is 0.0404. The molecule has 0 fully saturated rings. The van der Waals surface area contributed by atoms with E-state index in [9.17, 15) is 43.9 Å². The third-order valence-electron chi connectivity index (χ3n) is 6.47. The lowest BCUT2D eigenvalue weighted by Crippen LogP contribution is -2.23. The molecule has 4 aromatic carbocycles. The Bertz CT molecular complexity index is 1870. The van der Waals surface area contributed by atoms with Gasteiger partial charge >= 0.3 is 12.5 Å². The predicted molar refractivity (Wildman–Crippen MR) is 152 cm³/mol. The van der Waals surface area contributed by atoms with Gasteiger partial charge in [0, 0.05) is 17.2 Å². The molecule has 4 aromatic rings. The van der Waals surface area contributed by atoms with E-state index in [0.717, 1.165) is 55.7 Å². The SMILES string of the molecule is CCCCCc1ccc(C(F)(F)Oc2ccc(C#Cc3ccc(C#Cc4cc(F)c(OC(F)(F)F)c(F)c4)c(F)c3)c(F)c2)c(F)c1. The highest BCUT2D eigenvalue weighted by atomic mass is 19.4. The summed E-state index contributed by atoms with van der Waals surface area (Å²) in [6.07, 6.45) is -6.26. The smallest absolute Gasteiger partial charge is 0.429 e. The number of hydrogen-bond donors (Lipinski definition) is 0. The first-order valence-electron chi connectivity index (χ1n) is 13.9. The number of benzene rings is 4. The van der Waals surface area contributed by atoms with Crippen molar-refractivity contribution in [3.8, 4) is 35.2 Å². The molecule has 0 saturated carbocycles. The van der Waals surface area contributed by atoms with E-state index in [1.165, 1.54) is 12.1 Å². The number of ether oxygens (including phenoxy) is 2. The van der Waals surface area contributed by atoms with Crippen molar-refractivity contribution in [2.75, 3.05) is 0 Å². The van der Waals surface area contributed by atoms with E-state index in [-0.39, 0.29) is 16.7 Å². The van der Waals surface area contributed by atoms with Crippen molar-refractivity contribution < 1.29 is 53.4 Å². The number of halogens is 10. The largest absolute Gasteiger partial charge is 0.573 e. The summed E-state index contributed by atoms with van der Waals surface area (Å²) in [4.78, 5) is 0. The summed E-state index contributed by atoms with van der Waals surface area (Å²) in [6.45, 7) is 2.00. The van der Waals surface area contributed by atoms with E-state index < -0.39 is 64.2 Å². The van der Waals surface area contributed by atoms with Crippen LogP contribution in [-0.2, 0) is 12.5 Å². The number of hydrogen-bond acceptors (Lipinski definition) is 2. The third-order valence-corrected chi connectivity index (χ3v) is 6.47. The second-order valence-corrected chi connectivity index (χ2v) is 10.0. The van der Waals surface area contributed by atoms with Crippen molar-refractivity contribution in [3.05, 3.63) is 129 Å². The van der Waals surface area contributed by atoms with Crippen molar-refractivity contribution >= 4 is 0 Å². The van der Waals surface area contributed by atoms with Gasteiger partial charge in [-0.15, -0.1) is 13.2 Å². The van der Waals surface area contributed by atoms with Gasteiger partial charge in [-0.1, -0.05) is 49.5 Å². The number of alkyl halides is 5. The van der Waals surface area contributed by atoms with Crippen LogP contribution in [0.15, 0.2) is 66.7 Å². The van der Waals surface area contributed by atoms with Gasteiger partial charge in [-0.05, 0) is 73.0 Å². The van der Waals surface area contributed by atoms with Crippen LogP contribution in [0.2, 0.25) is 0 Å². The number of rotatable bonds is 8. The summed E-state index contributed by atoms with van der Waals surface area (Å²) in [7, 11) is 0. The average Bonchev–Trinajstić information content (AvgIpc) is 2.97. The molecule has 0 amide bonds. The van der Waals surface area contributed by atoms with Crippen LogP contribution in [0.4, 0.5) is 43.9 Å². The van der Waals surface area contributed by atoms with Crippen molar-refractivity contribution in [3.63, 3.8) is 0 Å². The molecule has 47 heavy (non-hydrogen) atoms. The summed E-state index contributed by atoms with van der Waals surface area (Å²) in [6, 6.07) is 10.3. The second kappa shape index (κ2) is 14.5. The standard InChI is InChI=1S/C35H22F10O2/c1-2-3-4-5-21-9-15-27(30(38)17-21)34(41,42)46-26-14-13-25(29(37)20-26)11-7-22-6-10-24(28(36)16-22)12-8-23-18-31(39)33(32(40)19-23)47-35(43,44)45/h6,9-10,13-20H,2-5H2,1H3. The van der Waals surface area contributed by atoms with Crippen molar-refractivity contribution in [1.29, 1.82) is 0 Å². The molecular weight excluding hydrogens is 642 g/mol. The molecule has 0 aromatic heterocycles. The normalized spacial score (nSPS) is 11.3. The number of unbranched alkanes of at least 4 members (excludes halogenated alkanes) is 2. The van der Waals surface area contributed by atoms with E-state index in [1.54, 1.807) is 0 Å². The highest BCUT2D eigenvalue weighted by Gasteiger charge is 2.38. The van der Waals surface area contributed by atoms with Crippen molar-refractivity contribution in [1.82, 2.24) is 0 Å². The van der Waals surface area contributed by atoms with Crippen LogP contribution in [0.3, 0.4) is 0 Å². The zero-order chi connectivity index (χ0) is 34.4. The second-order valence-electron chi connectivity index (χ2n) is 10.0. The van der Waals surface area contributed by atoms with E-state index in [4.69, 9.17) is 0 Å². The Hall–Kier alpha value is -5.10. The third kappa shape index (κ3) is 9.46. The van der Waals surface area contributed by atoms with Crippen LogP contribution in [0.1, 0.15) is 59.6 Å². The van der Waals surface area contributed by atoms with Gasteiger partial charge in [-0.2, -0.15) is 8.78 Å². The molecule has 0 aliphatic carbocycles. The van der Waals surface area contributed by atoms with Crippen LogP contribution >= 0.6 is 0 Å². The van der Waals surface area contributed by atoms with E-state index in [0.29, 0.717) is 30.2 Å². The topological polar surface area (TPSA) is 18.5 Å². The first kappa shape index (κ1) is 34.8. The molecular formula is C35H22F10O2. The maximum atomic E-state index is 14.7. The lowest BCUT2D eigenvalue weighted by molar-refractivity contribution is -0.276. The van der Waals surface area contributed by atoms with Gasteiger partial charge in [0.2, 0.25) is 5.75 Å². The molecule has 4 rings (SSSR count).